The average Bonchev–Trinajstić information content (AvgIpc) is 2.63. The molecule has 0 atom stereocenters. The van der Waals surface area contributed by atoms with E-state index in [0.717, 1.165) is 31.2 Å². The van der Waals surface area contributed by atoms with Crippen LogP contribution in [0.25, 0.3) is 0 Å². The van der Waals surface area contributed by atoms with Gasteiger partial charge in [0, 0.05) is 12.1 Å². The number of carbonyl (C=O) groups is 2. The van der Waals surface area contributed by atoms with Crippen LogP contribution in [0.1, 0.15) is 51.7 Å². The maximum absolute atomic E-state index is 12.5. The Morgan fingerprint density at radius 1 is 1.07 bits per heavy atom. The number of nitrogens with one attached hydrogen (secondary N) is 1. The molecule has 156 valence electrons. The molecule has 0 saturated heterocycles. The summed E-state index contributed by atoms with van der Waals surface area (Å²) in [7, 11) is -3.82. The van der Waals surface area contributed by atoms with Crippen LogP contribution in [0.15, 0.2) is 23.1 Å². The van der Waals surface area contributed by atoms with Crippen molar-refractivity contribution in [3.8, 4) is 0 Å². The number of benzene rings is 1. The number of hydrogen-bond acceptors (Lipinski definition) is 5. The zero-order chi connectivity index (χ0) is 20.9. The molecule has 7 nitrogen and oxygen atoms in total. The topological polar surface area (TPSA) is 92.8 Å². The van der Waals surface area contributed by atoms with E-state index in [4.69, 9.17) is 4.74 Å². The molecule has 0 saturated carbocycles. The Morgan fingerprint density at radius 3 is 2.29 bits per heavy atom. The second-order valence-electron chi connectivity index (χ2n) is 7.61. The fraction of sp³-hybridized carbons (Fsp3) is 0.600. The van der Waals surface area contributed by atoms with Crippen LogP contribution in [-0.2, 0) is 37.2 Å². The number of rotatable bonds is 8. The second kappa shape index (κ2) is 9.52. The largest absolute Gasteiger partial charge is 0.455 e. The number of hydrogen-bond donors (Lipinski definition) is 1. The van der Waals surface area contributed by atoms with Crippen LogP contribution in [0.3, 0.4) is 0 Å². The summed E-state index contributed by atoms with van der Waals surface area (Å²) < 4.78 is 32.1. The standard InChI is InChI=1S/C20H30N2O5S/c1-14(2)22(15(3)4)19(23)13-27-20(24)12-21-28(25,26)18-10-9-16-7-5-6-8-17(16)11-18/h9-11,14-15,21H,5-8,12-13H2,1-4H3. The molecular formula is C20H30N2O5S. The van der Waals surface area contributed by atoms with Gasteiger partial charge in [-0.15, -0.1) is 0 Å². The predicted molar refractivity (Wildman–Crippen MR) is 106 cm³/mol. The van der Waals surface area contributed by atoms with Crippen LogP contribution >= 0.6 is 0 Å². The van der Waals surface area contributed by atoms with Crippen LogP contribution < -0.4 is 4.72 Å². The molecule has 0 bridgehead atoms. The molecule has 1 aliphatic rings. The Morgan fingerprint density at radius 2 is 1.68 bits per heavy atom. The summed E-state index contributed by atoms with van der Waals surface area (Å²) >= 11 is 0. The van der Waals surface area contributed by atoms with Crippen molar-refractivity contribution in [3.63, 3.8) is 0 Å². The van der Waals surface area contributed by atoms with E-state index in [2.05, 4.69) is 4.72 Å². The summed E-state index contributed by atoms with van der Waals surface area (Å²) in [4.78, 5) is 25.9. The lowest BCUT2D eigenvalue weighted by atomic mass is 9.92. The molecule has 1 aliphatic carbocycles. The minimum Gasteiger partial charge on any atom is -0.455 e. The van der Waals surface area contributed by atoms with Crippen LogP contribution in [0.5, 0.6) is 0 Å². The zero-order valence-electron chi connectivity index (χ0n) is 17.0. The Balaban J connectivity index is 1.90. The molecule has 1 amide bonds. The Hall–Kier alpha value is -1.93. The number of esters is 1. The van der Waals surface area contributed by atoms with Crippen LogP contribution in [-0.4, -0.2) is 50.4 Å². The number of amides is 1. The minimum absolute atomic E-state index is 0.0197. The maximum Gasteiger partial charge on any atom is 0.321 e. The molecule has 0 aliphatic heterocycles. The van der Waals surface area contributed by atoms with E-state index in [1.807, 2.05) is 33.8 Å². The third kappa shape index (κ3) is 5.78. The molecule has 0 aromatic heterocycles. The summed E-state index contributed by atoms with van der Waals surface area (Å²) in [6.07, 6.45) is 4.00. The van der Waals surface area contributed by atoms with Crippen LogP contribution in [0.2, 0.25) is 0 Å². The van der Waals surface area contributed by atoms with Crippen molar-refractivity contribution in [3.05, 3.63) is 29.3 Å². The molecule has 1 aromatic rings. The first-order valence-corrected chi connectivity index (χ1v) is 11.2. The highest BCUT2D eigenvalue weighted by Crippen LogP contribution is 2.24. The molecule has 2 rings (SSSR count). The third-order valence-corrected chi connectivity index (χ3v) is 6.19. The Kier molecular flexibility index (Phi) is 7.60. The maximum atomic E-state index is 12.5. The number of fused-ring (bicyclic) bond motifs is 1. The van der Waals surface area contributed by atoms with E-state index >= 15 is 0 Å². The first kappa shape index (κ1) is 22.4. The first-order chi connectivity index (χ1) is 13.1. The lowest BCUT2D eigenvalue weighted by Gasteiger charge is -2.30. The summed E-state index contributed by atoms with van der Waals surface area (Å²) in [5.41, 5.74) is 2.23. The van der Waals surface area contributed by atoms with E-state index in [-0.39, 0.29) is 22.9 Å². The van der Waals surface area contributed by atoms with Crippen molar-refractivity contribution in [1.82, 2.24) is 9.62 Å². The molecule has 0 unspecified atom stereocenters. The molecular weight excluding hydrogens is 380 g/mol. The number of nitrogens with zero attached hydrogens (tertiary/aromatic N) is 1. The summed E-state index contributed by atoms with van der Waals surface area (Å²) in [5, 5.41) is 0. The SMILES string of the molecule is CC(C)N(C(=O)COC(=O)CNS(=O)(=O)c1ccc2c(c1)CCCC2)C(C)C. The van der Waals surface area contributed by atoms with Gasteiger partial charge >= 0.3 is 5.97 Å². The molecule has 0 spiro atoms. The van der Waals surface area contributed by atoms with Crippen molar-refractivity contribution in [2.24, 2.45) is 0 Å². The van der Waals surface area contributed by atoms with Gasteiger partial charge in [0.2, 0.25) is 10.0 Å². The van der Waals surface area contributed by atoms with E-state index in [1.54, 1.807) is 17.0 Å². The molecule has 1 aromatic carbocycles. The average molecular weight is 411 g/mol. The first-order valence-electron chi connectivity index (χ1n) is 9.70. The number of ether oxygens (including phenoxy) is 1. The van der Waals surface area contributed by atoms with E-state index in [1.165, 1.54) is 5.56 Å². The summed E-state index contributed by atoms with van der Waals surface area (Å²) in [6.45, 7) is 6.60. The number of carbonyl (C=O) groups excluding carboxylic acids is 2. The van der Waals surface area contributed by atoms with E-state index in [9.17, 15) is 18.0 Å². The Labute approximate surface area is 167 Å². The van der Waals surface area contributed by atoms with E-state index in [0.29, 0.717) is 0 Å². The number of aryl methyl sites for hydroxylation is 2. The highest BCUT2D eigenvalue weighted by molar-refractivity contribution is 7.89. The highest BCUT2D eigenvalue weighted by atomic mass is 32.2. The summed E-state index contributed by atoms with van der Waals surface area (Å²) in [5.74, 6) is -1.10. The molecule has 28 heavy (non-hydrogen) atoms. The van der Waals surface area contributed by atoms with Crippen molar-refractivity contribution in [2.45, 2.75) is 70.4 Å². The van der Waals surface area contributed by atoms with Gasteiger partial charge in [-0.3, -0.25) is 9.59 Å². The third-order valence-electron chi connectivity index (χ3n) is 4.79. The fourth-order valence-electron chi connectivity index (χ4n) is 3.55. The Bertz CT molecular complexity index is 810. The minimum atomic E-state index is -3.82. The van der Waals surface area contributed by atoms with Gasteiger partial charge in [-0.2, -0.15) is 4.72 Å². The molecule has 0 heterocycles. The van der Waals surface area contributed by atoms with Crippen molar-refractivity contribution < 1.29 is 22.7 Å². The van der Waals surface area contributed by atoms with Crippen LogP contribution in [0.4, 0.5) is 0 Å². The van der Waals surface area contributed by atoms with Gasteiger partial charge in [-0.1, -0.05) is 6.07 Å². The van der Waals surface area contributed by atoms with Gasteiger partial charge < -0.3 is 9.64 Å². The molecule has 8 heteroatoms. The van der Waals surface area contributed by atoms with Crippen molar-refractivity contribution in [2.75, 3.05) is 13.2 Å². The van der Waals surface area contributed by atoms with Crippen molar-refractivity contribution >= 4 is 21.9 Å². The monoisotopic (exact) mass is 410 g/mol. The van der Waals surface area contributed by atoms with Gasteiger partial charge in [0.05, 0.1) is 4.90 Å². The highest BCUT2D eigenvalue weighted by Gasteiger charge is 2.22. The lowest BCUT2D eigenvalue weighted by Crippen LogP contribution is -2.44. The van der Waals surface area contributed by atoms with E-state index < -0.39 is 29.1 Å². The van der Waals surface area contributed by atoms with Gasteiger partial charge in [0.25, 0.3) is 5.91 Å². The fourth-order valence-corrected chi connectivity index (χ4v) is 4.57. The molecule has 0 fully saturated rings. The normalized spacial score (nSPS) is 14.1. The van der Waals surface area contributed by atoms with Crippen LogP contribution in [0, 0.1) is 0 Å². The lowest BCUT2D eigenvalue weighted by molar-refractivity contribution is -0.152. The van der Waals surface area contributed by atoms with Gasteiger partial charge in [-0.25, -0.2) is 8.42 Å². The van der Waals surface area contributed by atoms with Crippen molar-refractivity contribution in [1.29, 1.82) is 0 Å². The number of sulfonamides is 1. The molecule has 1 N–H and O–H groups in total. The second-order valence-corrected chi connectivity index (χ2v) is 9.38. The summed E-state index contributed by atoms with van der Waals surface area (Å²) in [6, 6.07) is 5.04. The van der Waals surface area contributed by atoms with Gasteiger partial charge in [0.1, 0.15) is 6.54 Å². The smallest absolute Gasteiger partial charge is 0.321 e. The molecule has 0 radical (unpaired) electrons. The quantitative estimate of drug-likeness (QED) is 0.662. The zero-order valence-corrected chi connectivity index (χ0v) is 17.8. The van der Waals surface area contributed by atoms with Gasteiger partial charge in [0.15, 0.2) is 6.61 Å². The predicted octanol–water partition coefficient (Wildman–Crippen LogP) is 2.03. The van der Waals surface area contributed by atoms with Gasteiger partial charge in [-0.05, 0) is 76.6 Å².